The van der Waals surface area contributed by atoms with E-state index >= 15 is 0 Å². The summed E-state index contributed by atoms with van der Waals surface area (Å²) in [4.78, 5) is 8.84. The number of nitrogens with one attached hydrogen (secondary N) is 1. The summed E-state index contributed by atoms with van der Waals surface area (Å²) in [6.07, 6.45) is 3.47. The summed E-state index contributed by atoms with van der Waals surface area (Å²) in [5.74, 6) is 0.347. The number of halogens is 1. The summed E-state index contributed by atoms with van der Waals surface area (Å²) in [5, 5.41) is 0. The van der Waals surface area contributed by atoms with Gasteiger partial charge in [0.05, 0.1) is 18.0 Å². The van der Waals surface area contributed by atoms with Gasteiger partial charge in [-0.3, -0.25) is 9.88 Å². The Morgan fingerprint density at radius 3 is 2.33 bits per heavy atom. The molecular formula is C24H27FN4O3S. The fourth-order valence-corrected chi connectivity index (χ4v) is 5.04. The van der Waals surface area contributed by atoms with Gasteiger partial charge in [0.15, 0.2) is 0 Å². The number of piperazine rings is 1. The molecule has 1 aliphatic rings. The maximum Gasteiger partial charge on any atom is 0.240 e. The van der Waals surface area contributed by atoms with Crippen LogP contribution in [0.15, 0.2) is 78.0 Å². The molecular weight excluding hydrogens is 443 g/mol. The molecule has 174 valence electrons. The molecule has 9 heteroatoms. The van der Waals surface area contributed by atoms with Gasteiger partial charge in [-0.1, -0.05) is 6.07 Å². The zero-order valence-electron chi connectivity index (χ0n) is 18.4. The number of benzene rings is 2. The van der Waals surface area contributed by atoms with Crippen molar-refractivity contribution in [3.05, 3.63) is 84.4 Å². The first-order chi connectivity index (χ1) is 16.0. The number of hydrogen-bond donors (Lipinski definition) is 1. The smallest absolute Gasteiger partial charge is 0.240 e. The molecule has 1 N–H and O–H groups in total. The van der Waals surface area contributed by atoms with Gasteiger partial charge < -0.3 is 9.64 Å². The SMILES string of the molecule is COc1ccc(N2CCN(C(CNS(=O)(=O)c3ccc(F)cc3)c3cccnc3)CC2)cc1. The molecule has 1 fully saturated rings. The number of anilines is 1. The molecule has 1 unspecified atom stereocenters. The van der Waals surface area contributed by atoms with Crippen LogP contribution in [-0.2, 0) is 10.0 Å². The third-order valence-corrected chi connectivity index (χ3v) is 7.29. The second-order valence-corrected chi connectivity index (χ2v) is 9.60. The summed E-state index contributed by atoms with van der Waals surface area (Å²) < 4.78 is 46.7. The van der Waals surface area contributed by atoms with E-state index in [9.17, 15) is 12.8 Å². The number of sulfonamides is 1. The highest BCUT2D eigenvalue weighted by Gasteiger charge is 2.27. The van der Waals surface area contributed by atoms with E-state index < -0.39 is 15.8 Å². The largest absolute Gasteiger partial charge is 0.497 e. The van der Waals surface area contributed by atoms with Gasteiger partial charge >= 0.3 is 0 Å². The molecule has 2 heterocycles. The molecule has 0 spiro atoms. The van der Waals surface area contributed by atoms with Crippen LogP contribution in [0.3, 0.4) is 0 Å². The monoisotopic (exact) mass is 470 g/mol. The molecule has 1 aromatic heterocycles. The first kappa shape index (κ1) is 23.2. The molecule has 2 aromatic carbocycles. The van der Waals surface area contributed by atoms with Crippen LogP contribution in [0.2, 0.25) is 0 Å². The van der Waals surface area contributed by atoms with E-state index in [1.54, 1.807) is 19.5 Å². The van der Waals surface area contributed by atoms with Crippen LogP contribution in [0.4, 0.5) is 10.1 Å². The van der Waals surface area contributed by atoms with Gasteiger partial charge in [0.2, 0.25) is 10.0 Å². The van der Waals surface area contributed by atoms with E-state index in [2.05, 4.69) is 19.5 Å². The summed E-state index contributed by atoms with van der Waals surface area (Å²) >= 11 is 0. The molecule has 1 aliphatic heterocycles. The minimum Gasteiger partial charge on any atom is -0.497 e. The Hall–Kier alpha value is -3.01. The molecule has 0 amide bonds. The van der Waals surface area contributed by atoms with Gasteiger partial charge in [0, 0.05) is 50.8 Å². The zero-order chi connectivity index (χ0) is 23.3. The van der Waals surface area contributed by atoms with Crippen molar-refractivity contribution in [2.24, 2.45) is 0 Å². The Labute approximate surface area is 193 Å². The van der Waals surface area contributed by atoms with Crippen molar-refractivity contribution in [2.45, 2.75) is 10.9 Å². The van der Waals surface area contributed by atoms with Crippen LogP contribution in [0.1, 0.15) is 11.6 Å². The van der Waals surface area contributed by atoms with Gasteiger partial charge in [0.1, 0.15) is 11.6 Å². The quantitative estimate of drug-likeness (QED) is 0.546. The highest BCUT2D eigenvalue weighted by atomic mass is 32.2. The molecule has 1 atom stereocenters. The van der Waals surface area contributed by atoms with Crippen molar-refractivity contribution < 1.29 is 17.5 Å². The van der Waals surface area contributed by atoms with Crippen molar-refractivity contribution in [3.63, 3.8) is 0 Å². The van der Waals surface area contributed by atoms with Gasteiger partial charge in [-0.05, 0) is 60.2 Å². The lowest BCUT2D eigenvalue weighted by molar-refractivity contribution is 0.186. The third-order valence-electron chi connectivity index (χ3n) is 5.85. The van der Waals surface area contributed by atoms with Crippen molar-refractivity contribution >= 4 is 15.7 Å². The number of nitrogens with zero attached hydrogens (tertiary/aromatic N) is 3. The Bertz CT molecular complexity index is 1130. The summed E-state index contributed by atoms with van der Waals surface area (Å²) in [6, 6.07) is 16.4. The number of ether oxygens (including phenoxy) is 1. The minimum absolute atomic E-state index is 0.0400. The average Bonchev–Trinajstić information content (AvgIpc) is 2.85. The van der Waals surface area contributed by atoms with Crippen LogP contribution in [0.25, 0.3) is 0 Å². The Kier molecular flexibility index (Phi) is 7.22. The van der Waals surface area contributed by atoms with Gasteiger partial charge in [-0.25, -0.2) is 17.5 Å². The Morgan fingerprint density at radius 1 is 1.03 bits per heavy atom. The summed E-state index contributed by atoms with van der Waals surface area (Å²) in [6.45, 7) is 3.35. The average molecular weight is 471 g/mol. The van der Waals surface area contributed by atoms with E-state index in [4.69, 9.17) is 4.74 Å². The van der Waals surface area contributed by atoms with Crippen LogP contribution >= 0.6 is 0 Å². The van der Waals surface area contributed by atoms with E-state index in [1.807, 2.05) is 36.4 Å². The Morgan fingerprint density at radius 2 is 1.73 bits per heavy atom. The zero-order valence-corrected chi connectivity index (χ0v) is 19.2. The summed E-state index contributed by atoms with van der Waals surface area (Å²) in [7, 11) is -2.12. The van der Waals surface area contributed by atoms with Crippen molar-refractivity contribution in [2.75, 3.05) is 44.7 Å². The molecule has 0 bridgehead atoms. The van der Waals surface area contributed by atoms with Crippen LogP contribution in [-0.4, -0.2) is 58.1 Å². The van der Waals surface area contributed by atoms with Gasteiger partial charge in [-0.15, -0.1) is 0 Å². The molecule has 0 radical (unpaired) electrons. The first-order valence-electron chi connectivity index (χ1n) is 10.7. The minimum atomic E-state index is -3.77. The predicted molar refractivity (Wildman–Crippen MR) is 125 cm³/mol. The maximum absolute atomic E-state index is 13.2. The van der Waals surface area contributed by atoms with Crippen molar-refractivity contribution in [1.82, 2.24) is 14.6 Å². The third kappa shape index (κ3) is 5.68. The lowest BCUT2D eigenvalue weighted by atomic mass is 10.1. The molecule has 1 saturated heterocycles. The highest BCUT2D eigenvalue weighted by Crippen LogP contribution is 2.25. The lowest BCUT2D eigenvalue weighted by Gasteiger charge is -2.40. The molecule has 33 heavy (non-hydrogen) atoms. The first-order valence-corrected chi connectivity index (χ1v) is 12.2. The normalized spacial score (nSPS) is 15.9. The topological polar surface area (TPSA) is 74.8 Å². The van der Waals surface area contributed by atoms with Gasteiger partial charge in [0.25, 0.3) is 0 Å². The fraction of sp³-hybridized carbons (Fsp3) is 0.292. The number of methoxy groups -OCH3 is 1. The molecule has 0 aliphatic carbocycles. The number of hydrogen-bond acceptors (Lipinski definition) is 6. The van der Waals surface area contributed by atoms with Crippen LogP contribution in [0.5, 0.6) is 5.75 Å². The maximum atomic E-state index is 13.2. The van der Waals surface area contributed by atoms with E-state index in [1.165, 1.54) is 12.1 Å². The molecule has 3 aromatic rings. The van der Waals surface area contributed by atoms with Crippen molar-refractivity contribution in [1.29, 1.82) is 0 Å². The molecule has 7 nitrogen and oxygen atoms in total. The van der Waals surface area contributed by atoms with E-state index in [-0.39, 0.29) is 17.5 Å². The van der Waals surface area contributed by atoms with Crippen LogP contribution in [0, 0.1) is 5.82 Å². The Balaban J connectivity index is 1.46. The number of rotatable bonds is 8. The number of aromatic nitrogens is 1. The summed E-state index contributed by atoms with van der Waals surface area (Å²) in [5.41, 5.74) is 2.07. The van der Waals surface area contributed by atoms with E-state index in [0.29, 0.717) is 0 Å². The molecule has 4 rings (SSSR count). The second-order valence-electron chi connectivity index (χ2n) is 7.83. The fourth-order valence-electron chi connectivity index (χ4n) is 4.00. The molecule has 0 saturated carbocycles. The van der Waals surface area contributed by atoms with Gasteiger partial charge in [-0.2, -0.15) is 0 Å². The second kappa shape index (κ2) is 10.3. The predicted octanol–water partition coefficient (Wildman–Crippen LogP) is 3.07. The van der Waals surface area contributed by atoms with E-state index in [0.717, 1.165) is 55.3 Å². The highest BCUT2D eigenvalue weighted by molar-refractivity contribution is 7.89. The van der Waals surface area contributed by atoms with Crippen molar-refractivity contribution in [3.8, 4) is 5.75 Å². The van der Waals surface area contributed by atoms with Crippen LogP contribution < -0.4 is 14.4 Å². The standard InChI is InChI=1S/C24H27FN4O3S/c1-32-22-8-6-21(7-9-22)28-13-15-29(16-14-28)24(19-3-2-12-26-17-19)18-27-33(30,31)23-10-4-20(25)5-11-23/h2-12,17,24,27H,13-16,18H2,1H3. The lowest BCUT2D eigenvalue weighted by Crippen LogP contribution is -2.49. The number of pyridine rings is 1.